The van der Waals surface area contributed by atoms with Crippen LogP contribution in [0.1, 0.15) is 106 Å². The Labute approximate surface area is 381 Å². The van der Waals surface area contributed by atoms with Crippen molar-refractivity contribution in [1.29, 1.82) is 0 Å². The van der Waals surface area contributed by atoms with Gasteiger partial charge in [0.15, 0.2) is 0 Å². The van der Waals surface area contributed by atoms with E-state index in [2.05, 4.69) is 16.0 Å². The second kappa shape index (κ2) is 26.7. The summed E-state index contributed by atoms with van der Waals surface area (Å²) in [6.07, 6.45) is -1.84. The lowest BCUT2D eigenvalue weighted by Gasteiger charge is -2.41. The van der Waals surface area contributed by atoms with Gasteiger partial charge < -0.3 is 45.2 Å². The first-order valence-corrected chi connectivity index (χ1v) is 22.9. The average molecular weight is 905 g/mol. The van der Waals surface area contributed by atoms with Crippen molar-refractivity contribution in [2.75, 3.05) is 34.9 Å². The van der Waals surface area contributed by atoms with E-state index in [1.54, 1.807) is 48.0 Å². The number of nitrogens with one attached hydrogen (secondary N) is 3. The molecule has 6 N–H and O–H groups in total. The highest BCUT2D eigenvalue weighted by Crippen LogP contribution is 2.30. The molecule has 4 amide bonds. The molecule has 11 atom stereocenters. The smallest absolute Gasteiger partial charge is 0.320 e. The predicted molar refractivity (Wildman–Crippen MR) is 244 cm³/mol. The number of benzene rings is 1. The second-order valence-corrected chi connectivity index (χ2v) is 18.5. The molecular weight excluding hydrogens is 825 g/mol. The van der Waals surface area contributed by atoms with Gasteiger partial charge in [0.1, 0.15) is 18.3 Å². The molecule has 2 rings (SSSR count). The fourth-order valence-electron chi connectivity index (χ4n) is 8.85. The highest BCUT2D eigenvalue weighted by molar-refractivity contribution is 5.90. The first-order valence-electron chi connectivity index (χ1n) is 22.9. The number of amides is 4. The number of rotatable bonds is 28. The van der Waals surface area contributed by atoms with Crippen LogP contribution in [0, 0.1) is 23.7 Å². The van der Waals surface area contributed by atoms with Gasteiger partial charge in [0.05, 0.1) is 48.7 Å². The van der Waals surface area contributed by atoms with Gasteiger partial charge in [-0.25, -0.2) is 0 Å². The Morgan fingerprint density at radius 1 is 0.875 bits per heavy atom. The maximum absolute atomic E-state index is 14.4. The standard InChI is InChI=1S/C47H80N6O11/c1-14-30(8)41(52(11)46(60)39(27(2)3)50-45(59)40(28(4)5)51(10)29(6)7)36(63-12)26-37(54)53-24-18-21-35(53)42(64-13)31(9)43(57)49-34(25-32-19-16-15-17-20-32)44(58)48-33(47(61)62)22-23-38(55)56/h15-17,19-20,27-31,33-36,39-42,44,48,58H,14,18,21-26H2,1-13H3,(H,49,57)(H,50,59)(H,55,56)(H,61,62)/t30-,31+,33?,34-,35-,36+,39-,40-,41-,42+,44?/m0/s1. The number of carboxylic acids is 2. The summed E-state index contributed by atoms with van der Waals surface area (Å²) in [5, 5.41) is 38.7. The molecule has 1 heterocycles. The molecule has 1 aromatic rings. The molecule has 17 heteroatoms. The Balaban J connectivity index is 2.35. The number of carbonyl (C=O) groups excluding carboxylic acids is 4. The van der Waals surface area contributed by atoms with Gasteiger partial charge >= 0.3 is 11.9 Å². The van der Waals surface area contributed by atoms with Gasteiger partial charge in [-0.05, 0) is 69.9 Å². The molecule has 0 radical (unpaired) electrons. The third-order valence-corrected chi connectivity index (χ3v) is 13.0. The lowest BCUT2D eigenvalue weighted by molar-refractivity contribution is -0.148. The van der Waals surface area contributed by atoms with E-state index in [-0.39, 0.29) is 60.8 Å². The molecule has 1 aromatic carbocycles. The van der Waals surface area contributed by atoms with Crippen LogP contribution in [0.5, 0.6) is 0 Å². The van der Waals surface area contributed by atoms with E-state index >= 15 is 0 Å². The fraction of sp³-hybridized carbons (Fsp3) is 0.745. The maximum Gasteiger partial charge on any atom is 0.320 e. The molecular formula is C47H80N6O11. The number of hydrogen-bond acceptors (Lipinski definition) is 11. The topological polar surface area (TPSA) is 227 Å². The zero-order valence-corrected chi connectivity index (χ0v) is 40.6. The summed E-state index contributed by atoms with van der Waals surface area (Å²) >= 11 is 0. The van der Waals surface area contributed by atoms with Crippen LogP contribution in [0.2, 0.25) is 0 Å². The highest BCUT2D eigenvalue weighted by atomic mass is 16.5. The van der Waals surface area contributed by atoms with Crippen LogP contribution in [0.15, 0.2) is 30.3 Å². The van der Waals surface area contributed by atoms with E-state index in [1.807, 2.05) is 73.4 Å². The Morgan fingerprint density at radius 2 is 1.50 bits per heavy atom. The van der Waals surface area contributed by atoms with Crippen LogP contribution in [0.25, 0.3) is 0 Å². The minimum absolute atomic E-state index is 0.00214. The normalized spacial score (nSPS) is 19.0. The van der Waals surface area contributed by atoms with Gasteiger partial charge in [0.25, 0.3) is 0 Å². The van der Waals surface area contributed by atoms with Gasteiger partial charge in [-0.1, -0.05) is 85.2 Å². The van der Waals surface area contributed by atoms with Crippen LogP contribution in [0.3, 0.4) is 0 Å². The molecule has 0 aromatic heterocycles. The number of aliphatic hydroxyl groups is 1. The zero-order valence-electron chi connectivity index (χ0n) is 40.6. The van der Waals surface area contributed by atoms with Crippen LogP contribution >= 0.6 is 0 Å². The molecule has 0 spiro atoms. The molecule has 0 bridgehead atoms. The summed E-state index contributed by atoms with van der Waals surface area (Å²) in [4.78, 5) is 85.2. The van der Waals surface area contributed by atoms with Crippen LogP contribution in [-0.4, -0.2) is 161 Å². The van der Waals surface area contributed by atoms with Crippen molar-refractivity contribution in [1.82, 2.24) is 30.7 Å². The zero-order chi connectivity index (χ0) is 48.6. The number of nitrogens with zero attached hydrogens (tertiary/aromatic N) is 3. The van der Waals surface area contributed by atoms with Gasteiger partial charge in [-0.15, -0.1) is 0 Å². The second-order valence-electron chi connectivity index (χ2n) is 18.5. The third-order valence-electron chi connectivity index (χ3n) is 13.0. The molecule has 1 saturated heterocycles. The number of hydrogen-bond donors (Lipinski definition) is 6. The van der Waals surface area contributed by atoms with Crippen molar-refractivity contribution in [2.45, 2.75) is 168 Å². The largest absolute Gasteiger partial charge is 0.481 e. The summed E-state index contributed by atoms with van der Waals surface area (Å²) in [5.74, 6) is -4.93. The van der Waals surface area contributed by atoms with Crippen molar-refractivity contribution in [3.8, 4) is 0 Å². The molecule has 1 fully saturated rings. The van der Waals surface area contributed by atoms with E-state index in [9.17, 15) is 39.0 Å². The van der Waals surface area contributed by atoms with E-state index in [0.29, 0.717) is 25.8 Å². The summed E-state index contributed by atoms with van der Waals surface area (Å²) < 4.78 is 12.0. The summed E-state index contributed by atoms with van der Waals surface area (Å²) in [5.41, 5.74) is 0.754. The number of likely N-dealkylation sites (tertiary alicyclic amines) is 1. The van der Waals surface area contributed by atoms with Crippen LogP contribution in [-0.2, 0) is 44.7 Å². The Morgan fingerprint density at radius 3 is 2.00 bits per heavy atom. The number of carbonyl (C=O) groups is 6. The molecule has 1 aliphatic heterocycles. The lowest BCUT2D eigenvalue weighted by Crippen LogP contribution is -2.60. The van der Waals surface area contributed by atoms with Crippen molar-refractivity contribution in [3.63, 3.8) is 0 Å². The quantitative estimate of drug-likeness (QED) is 0.0665. The Hall–Kier alpha value is -4.16. The molecule has 1 aliphatic rings. The lowest BCUT2D eigenvalue weighted by atomic mass is 9.89. The number of aliphatic carboxylic acids is 2. The molecule has 364 valence electrons. The Kier molecular flexibility index (Phi) is 23.4. The predicted octanol–water partition coefficient (Wildman–Crippen LogP) is 3.37. The van der Waals surface area contributed by atoms with Crippen molar-refractivity contribution in [2.24, 2.45) is 23.7 Å². The monoisotopic (exact) mass is 905 g/mol. The molecule has 2 unspecified atom stereocenters. The van der Waals surface area contributed by atoms with E-state index < -0.39 is 84.9 Å². The minimum atomic E-state index is -1.57. The molecule has 0 saturated carbocycles. The number of carboxylic acid groups (broad SMARTS) is 2. The van der Waals surface area contributed by atoms with Crippen molar-refractivity contribution < 1.29 is 53.6 Å². The average Bonchev–Trinajstić information content (AvgIpc) is 3.73. The highest BCUT2D eigenvalue weighted by Gasteiger charge is 2.44. The maximum atomic E-state index is 14.4. The SMILES string of the molecule is CC[C@H](C)[C@@H]([C@@H](CC(=O)N1CCC[C@H]1[C@H](OC)[C@@H](C)C(=O)N[C@@H](Cc1ccccc1)C(O)NC(CCC(=O)O)C(=O)O)OC)N(C)C(=O)[C@@H](NC(=O)[C@H](C(C)C)N(C)C(C)C)C(C)C. The van der Waals surface area contributed by atoms with E-state index in [1.165, 1.54) is 14.2 Å². The fourth-order valence-corrected chi connectivity index (χ4v) is 8.85. The number of likely N-dealkylation sites (N-methyl/N-ethyl adjacent to an activating group) is 2. The molecule has 17 nitrogen and oxygen atoms in total. The summed E-state index contributed by atoms with van der Waals surface area (Å²) in [7, 11) is 6.60. The van der Waals surface area contributed by atoms with Crippen LogP contribution < -0.4 is 16.0 Å². The summed E-state index contributed by atoms with van der Waals surface area (Å²) in [6, 6.07) is 4.40. The first-order chi connectivity index (χ1) is 30.0. The third kappa shape index (κ3) is 15.8. The Bertz CT molecular complexity index is 1650. The minimum Gasteiger partial charge on any atom is -0.481 e. The van der Waals surface area contributed by atoms with Gasteiger partial charge in [-0.2, -0.15) is 0 Å². The van der Waals surface area contributed by atoms with E-state index in [0.717, 1.165) is 5.56 Å². The molecule has 64 heavy (non-hydrogen) atoms. The molecule has 0 aliphatic carbocycles. The van der Waals surface area contributed by atoms with Crippen LogP contribution in [0.4, 0.5) is 0 Å². The first kappa shape index (κ1) is 56.0. The summed E-state index contributed by atoms with van der Waals surface area (Å²) in [6.45, 7) is 17.9. The van der Waals surface area contributed by atoms with Crippen molar-refractivity contribution >= 4 is 35.6 Å². The number of methoxy groups -OCH3 is 2. The van der Waals surface area contributed by atoms with Gasteiger partial charge in [0.2, 0.25) is 23.6 Å². The number of ether oxygens (including phenoxy) is 2. The van der Waals surface area contributed by atoms with Gasteiger partial charge in [-0.3, -0.25) is 39.0 Å². The number of aliphatic hydroxyl groups excluding tert-OH is 1. The van der Waals surface area contributed by atoms with E-state index in [4.69, 9.17) is 14.6 Å². The van der Waals surface area contributed by atoms with Crippen molar-refractivity contribution in [3.05, 3.63) is 35.9 Å². The van der Waals surface area contributed by atoms with Gasteiger partial charge in [0, 0.05) is 40.3 Å².